The number of rotatable bonds is 2. The molecule has 1 aromatic heterocycles. The van der Waals surface area contributed by atoms with E-state index >= 15 is 0 Å². The second kappa shape index (κ2) is 3.76. The van der Waals surface area contributed by atoms with Gasteiger partial charge in [0.1, 0.15) is 11.6 Å². The number of methoxy groups -OCH3 is 1. The van der Waals surface area contributed by atoms with Gasteiger partial charge in [0.25, 0.3) is 0 Å². The van der Waals surface area contributed by atoms with Crippen molar-refractivity contribution in [3.8, 4) is 5.75 Å². The SMILES string of the molecule is COc1ccc([C@@H]2CCc3n[nH]c(=O)n32)cc1. The topological polar surface area (TPSA) is 59.9 Å². The van der Waals surface area contributed by atoms with Gasteiger partial charge in [0, 0.05) is 6.42 Å². The van der Waals surface area contributed by atoms with Gasteiger partial charge in [0.15, 0.2) is 0 Å². The Labute approximate surface area is 98.0 Å². The molecule has 5 nitrogen and oxygen atoms in total. The lowest BCUT2D eigenvalue weighted by Crippen LogP contribution is -2.20. The van der Waals surface area contributed by atoms with Crippen molar-refractivity contribution in [3.63, 3.8) is 0 Å². The molecule has 0 radical (unpaired) electrons. The van der Waals surface area contributed by atoms with Crippen LogP contribution in [0, 0.1) is 0 Å². The lowest BCUT2D eigenvalue weighted by atomic mass is 10.0. The van der Waals surface area contributed by atoms with Crippen molar-refractivity contribution in [3.05, 3.63) is 46.1 Å². The van der Waals surface area contributed by atoms with Crippen LogP contribution >= 0.6 is 0 Å². The number of fused-ring (bicyclic) bond motifs is 1. The number of aryl methyl sites for hydroxylation is 1. The number of aromatic amines is 1. The number of aromatic nitrogens is 3. The summed E-state index contributed by atoms with van der Waals surface area (Å²) in [6.07, 6.45) is 1.77. The summed E-state index contributed by atoms with van der Waals surface area (Å²) in [4.78, 5) is 11.6. The van der Waals surface area contributed by atoms with Gasteiger partial charge in [0.2, 0.25) is 0 Å². The molecule has 0 amide bonds. The minimum atomic E-state index is -0.127. The summed E-state index contributed by atoms with van der Waals surface area (Å²) in [5.41, 5.74) is 0.992. The molecule has 2 aromatic rings. The van der Waals surface area contributed by atoms with Crippen molar-refractivity contribution < 1.29 is 4.74 Å². The molecule has 5 heteroatoms. The van der Waals surface area contributed by atoms with Gasteiger partial charge in [-0.2, -0.15) is 5.10 Å². The predicted octanol–water partition coefficient (Wildman–Crippen LogP) is 1.12. The minimum Gasteiger partial charge on any atom is -0.497 e. The van der Waals surface area contributed by atoms with Crippen LogP contribution in [0.3, 0.4) is 0 Å². The molecule has 0 saturated heterocycles. The third-order valence-electron chi connectivity index (χ3n) is 3.23. The summed E-state index contributed by atoms with van der Waals surface area (Å²) in [7, 11) is 1.64. The molecular weight excluding hydrogens is 218 g/mol. The monoisotopic (exact) mass is 231 g/mol. The molecule has 88 valence electrons. The van der Waals surface area contributed by atoms with Crippen molar-refractivity contribution in [2.24, 2.45) is 0 Å². The summed E-state index contributed by atoms with van der Waals surface area (Å²) in [6.45, 7) is 0. The van der Waals surface area contributed by atoms with Gasteiger partial charge in [-0.25, -0.2) is 9.89 Å². The molecule has 0 bridgehead atoms. The van der Waals surface area contributed by atoms with Crippen molar-refractivity contribution in [2.75, 3.05) is 7.11 Å². The number of nitrogens with zero attached hydrogens (tertiary/aromatic N) is 2. The molecule has 1 N–H and O–H groups in total. The standard InChI is InChI=1S/C12H13N3O2/c1-17-9-4-2-8(3-5-9)10-6-7-11-13-14-12(16)15(10)11/h2-5,10H,6-7H2,1H3,(H,14,16)/t10-/m0/s1. The zero-order valence-electron chi connectivity index (χ0n) is 9.51. The third kappa shape index (κ3) is 1.54. The predicted molar refractivity (Wildman–Crippen MR) is 62.3 cm³/mol. The summed E-state index contributed by atoms with van der Waals surface area (Å²) < 4.78 is 6.86. The van der Waals surface area contributed by atoms with Crippen LogP contribution in [-0.2, 0) is 6.42 Å². The quantitative estimate of drug-likeness (QED) is 0.842. The Hall–Kier alpha value is -2.04. The molecule has 0 unspecified atom stereocenters. The molecule has 1 atom stereocenters. The average Bonchev–Trinajstić information content (AvgIpc) is 2.93. The fraction of sp³-hybridized carbons (Fsp3) is 0.333. The Morgan fingerprint density at radius 2 is 2.18 bits per heavy atom. The Morgan fingerprint density at radius 1 is 1.41 bits per heavy atom. The van der Waals surface area contributed by atoms with Crippen molar-refractivity contribution >= 4 is 0 Å². The molecule has 0 spiro atoms. The highest BCUT2D eigenvalue weighted by Crippen LogP contribution is 2.29. The number of benzene rings is 1. The highest BCUT2D eigenvalue weighted by atomic mass is 16.5. The van der Waals surface area contributed by atoms with Gasteiger partial charge in [-0.3, -0.25) is 4.57 Å². The van der Waals surface area contributed by atoms with E-state index in [1.54, 1.807) is 11.7 Å². The number of hydrogen-bond donors (Lipinski definition) is 1. The molecule has 17 heavy (non-hydrogen) atoms. The van der Waals surface area contributed by atoms with E-state index in [9.17, 15) is 4.79 Å². The molecular formula is C12H13N3O2. The number of ether oxygens (including phenoxy) is 1. The number of hydrogen-bond acceptors (Lipinski definition) is 3. The second-order valence-corrected chi connectivity index (χ2v) is 4.14. The fourth-order valence-corrected chi connectivity index (χ4v) is 2.37. The lowest BCUT2D eigenvalue weighted by molar-refractivity contribution is 0.414. The first-order valence-corrected chi connectivity index (χ1v) is 5.59. The van der Waals surface area contributed by atoms with Crippen molar-refractivity contribution in [2.45, 2.75) is 18.9 Å². The first kappa shape index (κ1) is 10.1. The zero-order valence-corrected chi connectivity index (χ0v) is 9.51. The lowest BCUT2D eigenvalue weighted by Gasteiger charge is -2.12. The van der Waals surface area contributed by atoms with Crippen LogP contribution in [0.15, 0.2) is 29.1 Å². The average molecular weight is 231 g/mol. The van der Waals surface area contributed by atoms with Crippen LogP contribution in [0.1, 0.15) is 23.9 Å². The van der Waals surface area contributed by atoms with Crippen LogP contribution in [0.2, 0.25) is 0 Å². The highest BCUT2D eigenvalue weighted by Gasteiger charge is 2.26. The largest absolute Gasteiger partial charge is 0.497 e. The summed E-state index contributed by atoms with van der Waals surface area (Å²) >= 11 is 0. The summed E-state index contributed by atoms with van der Waals surface area (Å²) in [5, 5.41) is 6.50. The maximum atomic E-state index is 11.6. The Morgan fingerprint density at radius 3 is 2.88 bits per heavy atom. The molecule has 1 aliphatic heterocycles. The van der Waals surface area contributed by atoms with Gasteiger partial charge in [-0.1, -0.05) is 12.1 Å². The molecule has 3 rings (SSSR count). The van der Waals surface area contributed by atoms with E-state index in [2.05, 4.69) is 10.2 Å². The van der Waals surface area contributed by atoms with E-state index in [1.165, 1.54) is 0 Å². The second-order valence-electron chi connectivity index (χ2n) is 4.14. The summed E-state index contributed by atoms with van der Waals surface area (Å²) in [6, 6.07) is 7.93. The van der Waals surface area contributed by atoms with E-state index in [1.807, 2.05) is 24.3 Å². The highest BCUT2D eigenvalue weighted by molar-refractivity contribution is 5.30. The Balaban J connectivity index is 2.00. The number of nitrogens with one attached hydrogen (secondary N) is 1. The molecule has 0 aliphatic carbocycles. The van der Waals surface area contributed by atoms with Gasteiger partial charge >= 0.3 is 5.69 Å². The van der Waals surface area contributed by atoms with Gasteiger partial charge < -0.3 is 4.74 Å². The van der Waals surface area contributed by atoms with Crippen molar-refractivity contribution in [1.29, 1.82) is 0 Å². The van der Waals surface area contributed by atoms with Gasteiger partial charge in [0.05, 0.1) is 13.2 Å². The first-order chi connectivity index (χ1) is 8.29. The van der Waals surface area contributed by atoms with E-state index in [-0.39, 0.29) is 11.7 Å². The van der Waals surface area contributed by atoms with E-state index in [0.717, 1.165) is 30.0 Å². The van der Waals surface area contributed by atoms with E-state index in [4.69, 9.17) is 4.74 Å². The Bertz CT molecular complexity index is 583. The van der Waals surface area contributed by atoms with Gasteiger partial charge in [-0.05, 0) is 24.1 Å². The van der Waals surface area contributed by atoms with Crippen molar-refractivity contribution in [1.82, 2.24) is 14.8 Å². The molecule has 2 heterocycles. The zero-order chi connectivity index (χ0) is 11.8. The van der Waals surface area contributed by atoms with Crippen LogP contribution in [0.4, 0.5) is 0 Å². The van der Waals surface area contributed by atoms with Gasteiger partial charge in [-0.15, -0.1) is 0 Å². The molecule has 1 aliphatic rings. The van der Waals surface area contributed by atoms with Crippen LogP contribution < -0.4 is 10.4 Å². The normalized spacial score (nSPS) is 18.1. The maximum Gasteiger partial charge on any atom is 0.343 e. The Kier molecular flexibility index (Phi) is 2.24. The van der Waals surface area contributed by atoms with Crippen LogP contribution in [0.25, 0.3) is 0 Å². The maximum absolute atomic E-state index is 11.6. The molecule has 1 aromatic carbocycles. The van der Waals surface area contributed by atoms with Crippen LogP contribution in [0.5, 0.6) is 5.75 Å². The van der Waals surface area contributed by atoms with Crippen LogP contribution in [-0.4, -0.2) is 21.9 Å². The molecule has 0 saturated carbocycles. The minimum absolute atomic E-state index is 0.0992. The van der Waals surface area contributed by atoms with E-state index < -0.39 is 0 Å². The smallest absolute Gasteiger partial charge is 0.343 e. The molecule has 0 fully saturated rings. The van der Waals surface area contributed by atoms with E-state index in [0.29, 0.717) is 0 Å². The number of H-pyrrole nitrogens is 1. The fourth-order valence-electron chi connectivity index (χ4n) is 2.37. The summed E-state index contributed by atoms with van der Waals surface area (Å²) in [5.74, 6) is 1.67. The third-order valence-corrected chi connectivity index (χ3v) is 3.23. The first-order valence-electron chi connectivity index (χ1n) is 5.59.